The molecule has 0 unspecified atom stereocenters. The summed E-state index contributed by atoms with van der Waals surface area (Å²) in [5.74, 6) is -2.01. The van der Waals surface area contributed by atoms with Gasteiger partial charge in [0.15, 0.2) is 39.1 Å². The summed E-state index contributed by atoms with van der Waals surface area (Å²) in [5.41, 5.74) is 5.43. The quantitative estimate of drug-likeness (QED) is 0.332. The van der Waals surface area contributed by atoms with E-state index in [1.807, 2.05) is 0 Å². The molecule has 0 saturated heterocycles. The minimum atomic E-state index is -3.56. The van der Waals surface area contributed by atoms with Crippen LogP contribution in [-0.2, 0) is 22.0 Å². The maximum atomic E-state index is 15.2. The first-order valence-electron chi connectivity index (χ1n) is 11.6. The van der Waals surface area contributed by atoms with Gasteiger partial charge in [0, 0.05) is 35.7 Å². The van der Waals surface area contributed by atoms with Gasteiger partial charge >= 0.3 is 0 Å². The van der Waals surface area contributed by atoms with Crippen molar-refractivity contribution in [2.45, 2.75) is 29.6 Å². The van der Waals surface area contributed by atoms with Crippen LogP contribution in [-0.4, -0.2) is 43.9 Å². The number of oxazole rings is 1. The van der Waals surface area contributed by atoms with Crippen LogP contribution in [0.15, 0.2) is 52.5 Å². The lowest BCUT2D eigenvalue weighted by Gasteiger charge is -2.33. The SMILES string of the molecule is C[C@@]1(c2cc(Nc3nccc4nc(OCc5ncco5)cnc34)cc(F)c2F)N=C(N)S[C@@]2(S(C)(=O)=O)C[C@@H]12. The van der Waals surface area contributed by atoms with Crippen molar-refractivity contribution in [3.8, 4) is 5.88 Å². The van der Waals surface area contributed by atoms with Gasteiger partial charge in [0.05, 0.1) is 23.4 Å². The van der Waals surface area contributed by atoms with Gasteiger partial charge in [-0.2, -0.15) is 0 Å². The van der Waals surface area contributed by atoms with Crippen LogP contribution < -0.4 is 15.8 Å². The average Bonchev–Trinajstić information content (AvgIpc) is 3.43. The first-order chi connectivity index (χ1) is 18.5. The predicted octanol–water partition coefficient (Wildman–Crippen LogP) is 3.65. The fourth-order valence-corrected chi connectivity index (χ4v) is 8.21. The number of hydrogen-bond acceptors (Lipinski definition) is 12. The van der Waals surface area contributed by atoms with Gasteiger partial charge in [0.25, 0.3) is 0 Å². The highest BCUT2D eigenvalue weighted by Gasteiger charge is 2.72. The fourth-order valence-electron chi connectivity index (χ4n) is 4.92. The largest absolute Gasteiger partial charge is 0.467 e. The number of amidine groups is 1. The Morgan fingerprint density at radius 2 is 2.08 bits per heavy atom. The number of benzene rings is 1. The number of nitrogens with two attached hydrogens (primary N) is 1. The lowest BCUT2D eigenvalue weighted by atomic mass is 9.86. The zero-order chi connectivity index (χ0) is 27.6. The molecule has 202 valence electrons. The van der Waals surface area contributed by atoms with Gasteiger partial charge in [-0.3, -0.25) is 4.99 Å². The van der Waals surface area contributed by atoms with Crippen LogP contribution in [0.4, 0.5) is 20.3 Å². The predicted molar refractivity (Wildman–Crippen MR) is 140 cm³/mol. The number of sulfone groups is 1. The van der Waals surface area contributed by atoms with Crippen LogP contribution in [0.5, 0.6) is 5.88 Å². The summed E-state index contributed by atoms with van der Waals surface area (Å²) in [6.45, 7) is 1.63. The van der Waals surface area contributed by atoms with Crippen molar-refractivity contribution in [3.05, 3.63) is 66.1 Å². The van der Waals surface area contributed by atoms with E-state index < -0.39 is 37.0 Å². The number of nitrogens with zero attached hydrogens (tertiary/aromatic N) is 5. The first-order valence-corrected chi connectivity index (χ1v) is 14.3. The molecule has 3 aromatic heterocycles. The fraction of sp³-hybridized carbons (Fsp3) is 0.292. The molecule has 1 aromatic carbocycles. The van der Waals surface area contributed by atoms with Crippen LogP contribution in [0, 0.1) is 17.6 Å². The molecule has 4 heterocycles. The van der Waals surface area contributed by atoms with Crippen LogP contribution in [0.25, 0.3) is 11.0 Å². The minimum absolute atomic E-state index is 0.00157. The second kappa shape index (κ2) is 8.84. The molecule has 0 radical (unpaired) electrons. The Hall–Kier alpha value is -3.85. The van der Waals surface area contributed by atoms with Gasteiger partial charge in [0.1, 0.15) is 15.9 Å². The summed E-state index contributed by atoms with van der Waals surface area (Å²) < 4.78 is 64.8. The Balaban J connectivity index is 1.33. The van der Waals surface area contributed by atoms with E-state index in [0.717, 1.165) is 24.1 Å². The van der Waals surface area contributed by atoms with E-state index in [-0.39, 0.29) is 41.1 Å². The lowest BCUT2D eigenvalue weighted by Crippen LogP contribution is -2.39. The number of ether oxygens (including phenoxy) is 1. The van der Waals surface area contributed by atoms with Crippen LogP contribution in [0.2, 0.25) is 0 Å². The van der Waals surface area contributed by atoms with Crippen LogP contribution >= 0.6 is 11.8 Å². The Bertz CT molecular complexity index is 1750. The molecule has 11 nitrogen and oxygen atoms in total. The summed E-state index contributed by atoms with van der Waals surface area (Å²) in [6, 6.07) is 3.99. The number of pyridine rings is 1. The van der Waals surface area contributed by atoms with Gasteiger partial charge < -0.3 is 20.2 Å². The molecule has 3 N–H and O–H groups in total. The highest BCUT2D eigenvalue weighted by molar-refractivity contribution is 8.24. The standard InChI is InChI=1S/C24H21F2N7O4S2/c1-23(16-9-24(16,39(2,34)35)38-22(27)33-23)13-7-12(8-14(25)19(13)26)31-21-20-15(3-4-29-21)32-17(10-30-20)37-11-18-28-5-6-36-18/h3-8,10,16H,9,11H2,1-2H3,(H2,27,33)(H,29,31)/t16-,23-,24+/m0/s1. The Morgan fingerprint density at radius 3 is 2.82 bits per heavy atom. The topological polar surface area (TPSA) is 158 Å². The zero-order valence-corrected chi connectivity index (χ0v) is 22.2. The molecule has 1 aliphatic heterocycles. The molecule has 6 rings (SSSR count). The molecule has 15 heteroatoms. The third-order valence-corrected chi connectivity index (χ3v) is 10.8. The number of hydrogen-bond donors (Lipinski definition) is 2. The van der Waals surface area contributed by atoms with Gasteiger partial charge in [-0.25, -0.2) is 37.1 Å². The number of thioether (sulfide) groups is 1. The molecule has 0 amide bonds. The third-order valence-electron chi connectivity index (χ3n) is 6.89. The first kappa shape index (κ1) is 25.4. The number of rotatable bonds is 7. The summed E-state index contributed by atoms with van der Waals surface area (Å²) in [4.78, 5) is 21.4. The molecule has 0 bridgehead atoms. The van der Waals surface area contributed by atoms with E-state index in [9.17, 15) is 12.8 Å². The summed E-state index contributed by atoms with van der Waals surface area (Å²) >= 11 is 0.952. The van der Waals surface area contributed by atoms with E-state index in [1.54, 1.807) is 13.0 Å². The normalized spacial score (nSPS) is 24.2. The molecule has 0 spiro atoms. The van der Waals surface area contributed by atoms with Gasteiger partial charge in [0.2, 0.25) is 11.8 Å². The maximum absolute atomic E-state index is 15.2. The highest BCUT2D eigenvalue weighted by Crippen LogP contribution is 2.68. The summed E-state index contributed by atoms with van der Waals surface area (Å²) in [7, 11) is -3.56. The highest BCUT2D eigenvalue weighted by atomic mass is 32.3. The number of anilines is 2. The van der Waals surface area contributed by atoms with E-state index in [1.165, 1.54) is 30.9 Å². The van der Waals surface area contributed by atoms with Crippen molar-refractivity contribution in [1.82, 2.24) is 19.9 Å². The molecule has 1 aliphatic carbocycles. The third kappa shape index (κ3) is 4.25. The van der Waals surface area contributed by atoms with Crippen LogP contribution in [0.1, 0.15) is 24.8 Å². The van der Waals surface area contributed by atoms with Crippen molar-refractivity contribution < 1.29 is 26.4 Å². The Kier molecular flexibility index (Phi) is 5.77. The van der Waals surface area contributed by atoms with Crippen molar-refractivity contribution >= 4 is 49.3 Å². The number of fused-ring (bicyclic) bond motifs is 2. The van der Waals surface area contributed by atoms with Crippen LogP contribution in [0.3, 0.4) is 0 Å². The molecule has 1 saturated carbocycles. The molecule has 3 atom stereocenters. The van der Waals surface area contributed by atoms with Crippen molar-refractivity contribution in [1.29, 1.82) is 0 Å². The average molecular weight is 574 g/mol. The second-order valence-corrected chi connectivity index (χ2v) is 13.3. The van der Waals surface area contributed by atoms with Gasteiger partial charge in [-0.1, -0.05) is 11.8 Å². The minimum Gasteiger partial charge on any atom is -0.467 e. The number of aliphatic imine (C=N–C) groups is 1. The summed E-state index contributed by atoms with van der Waals surface area (Å²) in [6.07, 6.45) is 7.14. The Morgan fingerprint density at radius 1 is 1.26 bits per heavy atom. The van der Waals surface area contributed by atoms with Gasteiger partial charge in [-0.05, 0) is 25.5 Å². The second-order valence-electron chi connectivity index (χ2n) is 9.43. The van der Waals surface area contributed by atoms with Crippen molar-refractivity contribution in [2.75, 3.05) is 11.6 Å². The number of halogens is 2. The molecule has 1 fully saturated rings. The number of nitrogens with one attached hydrogen (secondary N) is 1. The van der Waals surface area contributed by atoms with Crippen molar-refractivity contribution in [3.63, 3.8) is 0 Å². The Labute approximate surface area is 225 Å². The van der Waals surface area contributed by atoms with E-state index in [2.05, 4.69) is 30.2 Å². The lowest BCUT2D eigenvalue weighted by molar-refractivity contribution is 0.253. The molecular weight excluding hydrogens is 552 g/mol. The maximum Gasteiger partial charge on any atom is 0.233 e. The van der Waals surface area contributed by atoms with Crippen molar-refractivity contribution in [2.24, 2.45) is 16.6 Å². The monoisotopic (exact) mass is 573 g/mol. The summed E-state index contributed by atoms with van der Waals surface area (Å²) in [5, 5.41) is 2.98. The molecule has 39 heavy (non-hydrogen) atoms. The zero-order valence-electron chi connectivity index (χ0n) is 20.6. The molecular formula is C24H21F2N7O4S2. The van der Waals surface area contributed by atoms with Gasteiger partial charge in [-0.15, -0.1) is 0 Å². The van der Waals surface area contributed by atoms with E-state index in [0.29, 0.717) is 16.9 Å². The van der Waals surface area contributed by atoms with E-state index in [4.69, 9.17) is 14.9 Å². The molecule has 4 aromatic rings. The number of aromatic nitrogens is 4. The smallest absolute Gasteiger partial charge is 0.233 e. The van der Waals surface area contributed by atoms with E-state index >= 15 is 4.39 Å². The molecule has 2 aliphatic rings.